The second-order valence-electron chi connectivity index (χ2n) is 3.31. The van der Waals surface area contributed by atoms with Crippen molar-refractivity contribution in [1.82, 2.24) is 9.97 Å². The van der Waals surface area contributed by atoms with Gasteiger partial charge in [0, 0.05) is 18.0 Å². The molecule has 1 aliphatic heterocycles. The van der Waals surface area contributed by atoms with Gasteiger partial charge in [-0.25, -0.2) is 15.0 Å². The first kappa shape index (κ1) is 9.86. The molecule has 0 unspecified atom stereocenters. The number of hydrogen-bond acceptors (Lipinski definition) is 4. The molecule has 0 amide bonds. The molecule has 0 fully saturated rings. The molecular formula is C10H9ClN4. The van der Waals surface area contributed by atoms with E-state index in [0.717, 1.165) is 28.6 Å². The van der Waals surface area contributed by atoms with E-state index in [1.807, 2.05) is 12.1 Å². The van der Waals surface area contributed by atoms with Gasteiger partial charge >= 0.3 is 0 Å². The third-order valence-corrected chi connectivity index (χ3v) is 2.36. The summed E-state index contributed by atoms with van der Waals surface area (Å²) in [6, 6.07) is 4.03. The minimum Gasteiger partial charge on any atom is -0.387 e. The van der Waals surface area contributed by atoms with Crippen molar-refractivity contribution >= 4 is 34.8 Å². The Morgan fingerprint density at radius 3 is 3.00 bits per heavy atom. The van der Waals surface area contributed by atoms with Crippen LogP contribution < -0.4 is 5.73 Å². The quantitative estimate of drug-likeness (QED) is 0.734. The van der Waals surface area contributed by atoms with Crippen LogP contribution in [0.3, 0.4) is 0 Å². The predicted octanol–water partition coefficient (Wildman–Crippen LogP) is 1.60. The average Bonchev–Trinajstić information content (AvgIpc) is 2.59. The van der Waals surface area contributed by atoms with Crippen molar-refractivity contribution in [1.29, 1.82) is 0 Å². The van der Waals surface area contributed by atoms with E-state index in [2.05, 4.69) is 15.0 Å². The molecule has 1 aliphatic rings. The van der Waals surface area contributed by atoms with Gasteiger partial charge in [0.15, 0.2) is 0 Å². The number of nitrogens with two attached hydrogens (primary N) is 1. The lowest BCUT2D eigenvalue weighted by Crippen LogP contribution is -2.09. The predicted molar refractivity (Wildman–Crippen MR) is 61.8 cm³/mol. The van der Waals surface area contributed by atoms with E-state index in [1.54, 1.807) is 6.20 Å². The number of halogens is 1. The molecular weight excluding hydrogens is 212 g/mol. The maximum atomic E-state index is 5.68. The van der Waals surface area contributed by atoms with Gasteiger partial charge in [-0.15, -0.1) is 12.4 Å². The Bertz CT molecular complexity index is 550. The molecule has 0 radical (unpaired) electrons. The van der Waals surface area contributed by atoms with Gasteiger partial charge < -0.3 is 5.73 Å². The highest BCUT2D eigenvalue weighted by molar-refractivity contribution is 6.00. The van der Waals surface area contributed by atoms with Crippen LogP contribution in [0, 0.1) is 0 Å². The molecule has 1 aromatic carbocycles. The zero-order chi connectivity index (χ0) is 9.54. The van der Waals surface area contributed by atoms with E-state index in [-0.39, 0.29) is 12.4 Å². The van der Waals surface area contributed by atoms with Crippen LogP contribution in [0.4, 0.5) is 5.69 Å². The van der Waals surface area contributed by atoms with Crippen molar-refractivity contribution < 1.29 is 0 Å². The van der Waals surface area contributed by atoms with Crippen molar-refractivity contribution in [3.05, 3.63) is 30.2 Å². The Morgan fingerprint density at radius 2 is 2.13 bits per heavy atom. The van der Waals surface area contributed by atoms with Crippen LogP contribution in [0.25, 0.3) is 10.9 Å². The van der Waals surface area contributed by atoms with E-state index in [4.69, 9.17) is 5.73 Å². The first-order valence-corrected chi connectivity index (χ1v) is 4.39. The Balaban J connectivity index is 0.000000853. The molecule has 2 aromatic rings. The van der Waals surface area contributed by atoms with Crippen molar-refractivity contribution in [3.63, 3.8) is 0 Å². The number of aliphatic imine (C=N–C) groups is 1. The van der Waals surface area contributed by atoms with Crippen LogP contribution in [0.15, 0.2) is 29.6 Å². The van der Waals surface area contributed by atoms with Gasteiger partial charge in [-0.3, -0.25) is 0 Å². The van der Waals surface area contributed by atoms with Crippen LogP contribution in [0.1, 0.15) is 5.56 Å². The Labute approximate surface area is 92.7 Å². The molecule has 3 rings (SSSR count). The molecule has 0 bridgehead atoms. The fourth-order valence-electron chi connectivity index (χ4n) is 1.73. The molecule has 0 spiro atoms. The van der Waals surface area contributed by atoms with E-state index in [1.165, 1.54) is 6.33 Å². The van der Waals surface area contributed by atoms with Gasteiger partial charge in [-0.2, -0.15) is 0 Å². The largest absolute Gasteiger partial charge is 0.387 e. The molecule has 76 valence electrons. The number of nitrogens with zero attached hydrogens (tertiary/aromatic N) is 3. The van der Waals surface area contributed by atoms with Gasteiger partial charge in [-0.05, 0) is 5.56 Å². The number of benzene rings is 1. The molecule has 0 saturated heterocycles. The number of rotatable bonds is 0. The molecule has 5 heteroatoms. The monoisotopic (exact) mass is 220 g/mol. The van der Waals surface area contributed by atoms with E-state index >= 15 is 0 Å². The number of hydrogen-bond donors (Lipinski definition) is 1. The minimum absolute atomic E-state index is 0. The number of fused-ring (bicyclic) bond motifs is 3. The highest BCUT2D eigenvalue weighted by atomic mass is 35.5. The van der Waals surface area contributed by atoms with Crippen LogP contribution >= 0.6 is 12.4 Å². The maximum Gasteiger partial charge on any atom is 0.116 e. The molecule has 2 heterocycles. The van der Waals surface area contributed by atoms with Crippen molar-refractivity contribution in [2.75, 3.05) is 0 Å². The first-order valence-electron chi connectivity index (χ1n) is 4.39. The van der Waals surface area contributed by atoms with Crippen molar-refractivity contribution in [2.45, 2.75) is 6.42 Å². The topological polar surface area (TPSA) is 64.2 Å². The molecule has 2 N–H and O–H groups in total. The summed E-state index contributed by atoms with van der Waals surface area (Å²) in [5.41, 5.74) is 8.62. The lowest BCUT2D eigenvalue weighted by Gasteiger charge is -2.00. The molecule has 1 aromatic heterocycles. The van der Waals surface area contributed by atoms with Crippen LogP contribution in [-0.4, -0.2) is 15.8 Å². The van der Waals surface area contributed by atoms with E-state index < -0.39 is 0 Å². The van der Waals surface area contributed by atoms with E-state index in [9.17, 15) is 0 Å². The first-order chi connectivity index (χ1) is 6.84. The fourth-order valence-corrected chi connectivity index (χ4v) is 1.73. The standard InChI is InChI=1S/C10H8N4.ClH/c11-8-3-6-1-2-7-4-12-5-13-9(7)10(6)14-8;/h1-2,4-5H,3H2,(H2,11,14);1H. The summed E-state index contributed by atoms with van der Waals surface area (Å²) in [6.45, 7) is 0. The Morgan fingerprint density at radius 1 is 1.27 bits per heavy atom. The third kappa shape index (κ3) is 1.43. The SMILES string of the molecule is Cl.NC1=Nc2c(ccc3cncnc23)C1. The molecule has 0 aliphatic carbocycles. The van der Waals surface area contributed by atoms with Crippen LogP contribution in [0.5, 0.6) is 0 Å². The lowest BCUT2D eigenvalue weighted by atomic mass is 10.1. The average molecular weight is 221 g/mol. The van der Waals surface area contributed by atoms with Crippen molar-refractivity contribution in [3.8, 4) is 0 Å². The minimum atomic E-state index is 0. The highest BCUT2D eigenvalue weighted by Gasteiger charge is 2.15. The summed E-state index contributed by atoms with van der Waals surface area (Å²) in [5.74, 6) is 0.658. The van der Waals surface area contributed by atoms with Gasteiger partial charge in [0.25, 0.3) is 0 Å². The number of amidine groups is 1. The summed E-state index contributed by atoms with van der Waals surface area (Å²) in [7, 11) is 0. The normalized spacial score (nSPS) is 13.2. The summed E-state index contributed by atoms with van der Waals surface area (Å²) in [6.07, 6.45) is 4.05. The molecule has 4 nitrogen and oxygen atoms in total. The zero-order valence-corrected chi connectivity index (χ0v) is 8.66. The van der Waals surface area contributed by atoms with Crippen LogP contribution in [-0.2, 0) is 6.42 Å². The van der Waals surface area contributed by atoms with Crippen LogP contribution in [0.2, 0.25) is 0 Å². The fraction of sp³-hybridized carbons (Fsp3) is 0.100. The number of aromatic nitrogens is 2. The van der Waals surface area contributed by atoms with Crippen molar-refractivity contribution in [2.24, 2.45) is 10.7 Å². The van der Waals surface area contributed by atoms with Gasteiger partial charge in [0.05, 0.1) is 11.2 Å². The molecule has 0 atom stereocenters. The smallest absolute Gasteiger partial charge is 0.116 e. The highest BCUT2D eigenvalue weighted by Crippen LogP contribution is 2.32. The third-order valence-electron chi connectivity index (χ3n) is 2.36. The summed E-state index contributed by atoms with van der Waals surface area (Å²) in [5, 5.41) is 1.00. The van der Waals surface area contributed by atoms with Gasteiger partial charge in [0.1, 0.15) is 12.2 Å². The van der Waals surface area contributed by atoms with E-state index in [0.29, 0.717) is 5.84 Å². The van der Waals surface area contributed by atoms with Gasteiger partial charge in [-0.1, -0.05) is 12.1 Å². The zero-order valence-electron chi connectivity index (χ0n) is 7.84. The van der Waals surface area contributed by atoms with Gasteiger partial charge in [0.2, 0.25) is 0 Å². The summed E-state index contributed by atoms with van der Waals surface area (Å²) >= 11 is 0. The second kappa shape index (κ2) is 3.47. The Hall–Kier alpha value is -1.68. The summed E-state index contributed by atoms with van der Waals surface area (Å²) in [4.78, 5) is 12.5. The molecule has 15 heavy (non-hydrogen) atoms. The maximum absolute atomic E-state index is 5.68. The Kier molecular flexibility index (Phi) is 2.28. The second-order valence-corrected chi connectivity index (χ2v) is 3.31. The summed E-state index contributed by atoms with van der Waals surface area (Å²) < 4.78 is 0. The lowest BCUT2D eigenvalue weighted by molar-refractivity contribution is 1.22. The molecule has 0 saturated carbocycles.